The number of hydrogen-bond acceptors (Lipinski definition) is 3. The third-order valence-corrected chi connectivity index (χ3v) is 2.43. The van der Waals surface area contributed by atoms with Gasteiger partial charge in [-0.3, -0.25) is 9.67 Å². The zero-order valence-electron chi connectivity index (χ0n) is 9.81. The van der Waals surface area contributed by atoms with Crippen molar-refractivity contribution in [3.05, 3.63) is 36.4 Å². The molecule has 0 spiro atoms. The lowest BCUT2D eigenvalue weighted by Gasteiger charge is -2.06. The Labute approximate surface area is 95.3 Å². The molecule has 4 heteroatoms. The highest BCUT2D eigenvalue weighted by Crippen LogP contribution is 2.19. The first kappa shape index (κ1) is 10.7. The van der Waals surface area contributed by atoms with Gasteiger partial charge in [-0.25, -0.2) is 0 Å². The summed E-state index contributed by atoms with van der Waals surface area (Å²) in [5.74, 6) is 0. The minimum Gasteiger partial charge on any atom is -0.353 e. The molecule has 0 amide bonds. The zero-order valence-corrected chi connectivity index (χ0v) is 9.81. The van der Waals surface area contributed by atoms with Crippen LogP contribution in [-0.4, -0.2) is 14.8 Å². The molecule has 2 heterocycles. The summed E-state index contributed by atoms with van der Waals surface area (Å²) >= 11 is 0. The molecule has 0 aliphatic carbocycles. The van der Waals surface area contributed by atoms with Gasteiger partial charge in [0.05, 0.1) is 11.9 Å². The average Bonchev–Trinajstić information content (AvgIpc) is 2.70. The van der Waals surface area contributed by atoms with Crippen molar-refractivity contribution in [1.29, 1.82) is 0 Å². The fraction of sp³-hybridized carbons (Fsp3) is 0.333. The van der Waals surface area contributed by atoms with Crippen LogP contribution in [-0.2, 0) is 0 Å². The van der Waals surface area contributed by atoms with Gasteiger partial charge in [0.15, 0.2) is 0 Å². The zero-order chi connectivity index (χ0) is 11.5. The van der Waals surface area contributed by atoms with E-state index in [-0.39, 0.29) is 0 Å². The predicted molar refractivity (Wildman–Crippen MR) is 64.9 cm³/mol. The lowest BCUT2D eigenvalue weighted by atomic mass is 10.2. The van der Waals surface area contributed by atoms with Crippen molar-refractivity contribution in [3.8, 4) is 0 Å². The van der Waals surface area contributed by atoms with Gasteiger partial charge in [0, 0.05) is 30.3 Å². The predicted octanol–water partition coefficient (Wildman–Crippen LogP) is 2.91. The van der Waals surface area contributed by atoms with Gasteiger partial charge in [-0.15, -0.1) is 0 Å². The van der Waals surface area contributed by atoms with E-state index >= 15 is 0 Å². The van der Waals surface area contributed by atoms with Crippen LogP contribution in [0.2, 0.25) is 0 Å². The molecule has 0 bridgehead atoms. The quantitative estimate of drug-likeness (QED) is 0.857. The van der Waals surface area contributed by atoms with Gasteiger partial charge in [-0.05, 0) is 32.4 Å². The summed E-state index contributed by atoms with van der Waals surface area (Å²) in [5, 5.41) is 7.60. The maximum atomic E-state index is 4.28. The van der Waals surface area contributed by atoms with Crippen LogP contribution >= 0.6 is 0 Å². The molecule has 84 valence electrons. The highest BCUT2D eigenvalue weighted by Gasteiger charge is 2.03. The molecule has 0 saturated carbocycles. The Kier molecular flexibility index (Phi) is 2.90. The van der Waals surface area contributed by atoms with Gasteiger partial charge in [0.2, 0.25) is 0 Å². The summed E-state index contributed by atoms with van der Waals surface area (Å²) in [6.45, 7) is 6.24. The van der Waals surface area contributed by atoms with Crippen LogP contribution < -0.4 is 5.32 Å². The molecule has 2 aromatic heterocycles. The summed E-state index contributed by atoms with van der Waals surface area (Å²) in [7, 11) is 0. The van der Waals surface area contributed by atoms with E-state index in [9.17, 15) is 0 Å². The van der Waals surface area contributed by atoms with Gasteiger partial charge in [0.25, 0.3) is 0 Å². The molecule has 4 nitrogen and oxygen atoms in total. The normalized spacial score (nSPS) is 10.8. The van der Waals surface area contributed by atoms with Crippen molar-refractivity contribution in [2.45, 2.75) is 26.8 Å². The fourth-order valence-electron chi connectivity index (χ4n) is 1.45. The Morgan fingerprint density at radius 1 is 1.31 bits per heavy atom. The minimum absolute atomic E-state index is 0.383. The first-order chi connectivity index (χ1) is 7.66. The molecule has 0 unspecified atom stereocenters. The Morgan fingerprint density at radius 2 is 2.12 bits per heavy atom. The number of aryl methyl sites for hydroxylation is 1. The molecule has 1 N–H and O–H groups in total. The van der Waals surface area contributed by atoms with Crippen LogP contribution in [0.25, 0.3) is 0 Å². The van der Waals surface area contributed by atoms with Crippen molar-refractivity contribution >= 4 is 11.4 Å². The molecule has 0 aliphatic rings. The average molecular weight is 216 g/mol. The second-order valence-electron chi connectivity index (χ2n) is 4.12. The first-order valence-corrected chi connectivity index (χ1v) is 5.38. The van der Waals surface area contributed by atoms with Crippen LogP contribution in [0.5, 0.6) is 0 Å². The molecule has 0 atom stereocenters. The number of nitrogens with zero attached hydrogens (tertiary/aromatic N) is 3. The Balaban J connectivity index is 2.18. The van der Waals surface area contributed by atoms with E-state index in [1.165, 1.54) is 0 Å². The highest BCUT2D eigenvalue weighted by atomic mass is 15.3. The Morgan fingerprint density at radius 3 is 2.75 bits per heavy atom. The number of aromatic nitrogens is 3. The maximum absolute atomic E-state index is 4.28. The Bertz CT molecular complexity index is 473. The maximum Gasteiger partial charge on any atom is 0.0770 e. The second kappa shape index (κ2) is 4.35. The fourth-order valence-corrected chi connectivity index (χ4v) is 1.45. The topological polar surface area (TPSA) is 42.7 Å². The van der Waals surface area contributed by atoms with E-state index in [0.29, 0.717) is 6.04 Å². The van der Waals surface area contributed by atoms with Crippen molar-refractivity contribution < 1.29 is 0 Å². The third-order valence-electron chi connectivity index (χ3n) is 2.43. The number of anilines is 2. The molecule has 0 saturated heterocycles. The molecule has 2 aromatic rings. The molecular weight excluding hydrogens is 200 g/mol. The van der Waals surface area contributed by atoms with Gasteiger partial charge in [0.1, 0.15) is 0 Å². The van der Waals surface area contributed by atoms with E-state index in [4.69, 9.17) is 0 Å². The molecule has 2 rings (SSSR count). The van der Waals surface area contributed by atoms with E-state index in [1.54, 1.807) is 6.20 Å². The molecule has 0 fully saturated rings. The van der Waals surface area contributed by atoms with Gasteiger partial charge >= 0.3 is 0 Å². The van der Waals surface area contributed by atoms with Crippen LogP contribution in [0.4, 0.5) is 11.4 Å². The molecule has 16 heavy (non-hydrogen) atoms. The van der Waals surface area contributed by atoms with Gasteiger partial charge in [-0.1, -0.05) is 0 Å². The van der Waals surface area contributed by atoms with Crippen LogP contribution in [0, 0.1) is 6.92 Å². The summed E-state index contributed by atoms with van der Waals surface area (Å²) in [6.07, 6.45) is 7.46. The SMILES string of the molecule is Cc1cnccc1Nc1cnn(C(C)C)c1. The van der Waals surface area contributed by atoms with Crippen molar-refractivity contribution in [1.82, 2.24) is 14.8 Å². The third kappa shape index (κ3) is 2.21. The number of pyridine rings is 1. The first-order valence-electron chi connectivity index (χ1n) is 5.38. The molecule has 0 radical (unpaired) electrons. The Hall–Kier alpha value is -1.84. The molecule has 0 aliphatic heterocycles. The summed E-state index contributed by atoms with van der Waals surface area (Å²) < 4.78 is 1.93. The van der Waals surface area contributed by atoms with E-state index in [0.717, 1.165) is 16.9 Å². The van der Waals surface area contributed by atoms with Crippen LogP contribution in [0.1, 0.15) is 25.5 Å². The van der Waals surface area contributed by atoms with E-state index < -0.39 is 0 Å². The second-order valence-corrected chi connectivity index (χ2v) is 4.12. The largest absolute Gasteiger partial charge is 0.353 e. The highest BCUT2D eigenvalue weighted by molar-refractivity contribution is 5.60. The lowest BCUT2D eigenvalue weighted by molar-refractivity contribution is 0.532. The van der Waals surface area contributed by atoms with E-state index in [2.05, 4.69) is 29.2 Å². The smallest absolute Gasteiger partial charge is 0.0770 e. The van der Waals surface area contributed by atoms with Crippen molar-refractivity contribution in [2.75, 3.05) is 5.32 Å². The number of nitrogens with one attached hydrogen (secondary N) is 1. The van der Waals surface area contributed by atoms with Crippen LogP contribution in [0.15, 0.2) is 30.9 Å². The number of rotatable bonds is 3. The summed E-state index contributed by atoms with van der Waals surface area (Å²) in [5.41, 5.74) is 3.20. The van der Waals surface area contributed by atoms with Crippen molar-refractivity contribution in [2.24, 2.45) is 0 Å². The molecular formula is C12H16N4. The minimum atomic E-state index is 0.383. The van der Waals surface area contributed by atoms with Gasteiger partial charge in [-0.2, -0.15) is 5.10 Å². The number of hydrogen-bond donors (Lipinski definition) is 1. The van der Waals surface area contributed by atoms with Crippen LogP contribution in [0.3, 0.4) is 0 Å². The van der Waals surface area contributed by atoms with Crippen molar-refractivity contribution in [3.63, 3.8) is 0 Å². The molecule has 0 aromatic carbocycles. The standard InChI is InChI=1S/C12H16N4/c1-9(2)16-8-11(7-14-16)15-12-4-5-13-6-10(12)3/h4-9H,1-3H3,(H,13,15). The monoisotopic (exact) mass is 216 g/mol. The van der Waals surface area contributed by atoms with E-state index in [1.807, 2.05) is 36.3 Å². The summed E-state index contributed by atoms with van der Waals surface area (Å²) in [6, 6.07) is 2.34. The lowest BCUT2D eigenvalue weighted by Crippen LogP contribution is -2.00. The summed E-state index contributed by atoms with van der Waals surface area (Å²) in [4.78, 5) is 4.06. The van der Waals surface area contributed by atoms with Gasteiger partial charge < -0.3 is 5.32 Å².